The second-order valence-electron chi connectivity index (χ2n) is 5.39. The normalized spacial score (nSPS) is 10.5. The topological polar surface area (TPSA) is 76.4 Å². The second kappa shape index (κ2) is 7.27. The molecule has 2 aromatic carbocycles. The van der Waals surface area contributed by atoms with E-state index in [4.69, 9.17) is 16.3 Å². The molecule has 3 rings (SSSR count). The van der Waals surface area contributed by atoms with Gasteiger partial charge in [0.15, 0.2) is 12.4 Å². The van der Waals surface area contributed by atoms with Crippen LogP contribution in [-0.4, -0.2) is 20.8 Å². The number of anilines is 1. The lowest BCUT2D eigenvalue weighted by molar-refractivity contribution is 0.102. The van der Waals surface area contributed by atoms with Gasteiger partial charge in [0, 0.05) is 11.2 Å². The molecule has 2 N–H and O–H groups in total. The summed E-state index contributed by atoms with van der Waals surface area (Å²) >= 11 is 5.86. The fraction of sp³-hybridized carbons (Fsp3) is 0.111. The molecule has 0 saturated heterocycles. The van der Waals surface area contributed by atoms with Gasteiger partial charge in [0.2, 0.25) is 0 Å². The molecule has 0 saturated carbocycles. The van der Waals surface area contributed by atoms with Crippen molar-refractivity contribution in [1.29, 1.82) is 0 Å². The van der Waals surface area contributed by atoms with Crippen molar-refractivity contribution in [2.24, 2.45) is 0 Å². The summed E-state index contributed by atoms with van der Waals surface area (Å²) < 4.78 is 7.19. The van der Waals surface area contributed by atoms with Crippen LogP contribution in [0.1, 0.15) is 16.1 Å². The molecule has 1 aromatic heterocycles. The molecule has 0 unspecified atom stereocenters. The molecule has 6 nitrogen and oxygen atoms in total. The number of phenols is 1. The van der Waals surface area contributed by atoms with Crippen molar-refractivity contribution in [3.8, 4) is 11.5 Å². The predicted molar refractivity (Wildman–Crippen MR) is 95.1 cm³/mol. The Balaban J connectivity index is 1.65. The van der Waals surface area contributed by atoms with Crippen LogP contribution in [-0.2, 0) is 6.73 Å². The molecule has 7 heteroatoms. The number of aromatic hydroxyl groups is 1. The summed E-state index contributed by atoms with van der Waals surface area (Å²) in [5.74, 6) is 0.236. The van der Waals surface area contributed by atoms with E-state index < -0.39 is 5.91 Å². The summed E-state index contributed by atoms with van der Waals surface area (Å²) in [6, 6.07) is 13.6. The lowest BCUT2D eigenvalue weighted by Gasteiger charge is -2.08. The highest BCUT2D eigenvalue weighted by Crippen LogP contribution is 2.26. The van der Waals surface area contributed by atoms with Gasteiger partial charge in [0.05, 0.1) is 5.69 Å². The van der Waals surface area contributed by atoms with Crippen molar-refractivity contribution in [1.82, 2.24) is 9.78 Å². The molecule has 0 atom stereocenters. The average Bonchev–Trinajstić information content (AvgIpc) is 3.06. The maximum absolute atomic E-state index is 12.2. The summed E-state index contributed by atoms with van der Waals surface area (Å²) in [6.45, 7) is 2.13. The van der Waals surface area contributed by atoms with Gasteiger partial charge in [-0.25, -0.2) is 4.68 Å². The van der Waals surface area contributed by atoms with Gasteiger partial charge >= 0.3 is 0 Å². The van der Waals surface area contributed by atoms with Crippen LogP contribution in [0.2, 0.25) is 5.02 Å². The fourth-order valence-electron chi connectivity index (χ4n) is 2.20. The molecule has 0 spiro atoms. The lowest BCUT2D eigenvalue weighted by Crippen LogP contribution is -2.14. The standard InChI is InChI=1S/C18H16ClN3O3/c1-12-4-2-3-5-17(12)25-11-22-9-8-14(21-22)18(24)20-15-10-13(19)6-7-16(15)23/h2-10,23H,11H2,1H3,(H,20,24). The minimum absolute atomic E-state index is 0.0694. The van der Waals surface area contributed by atoms with Gasteiger partial charge in [-0.2, -0.15) is 5.10 Å². The molecule has 0 aliphatic heterocycles. The Morgan fingerprint density at radius 1 is 1.28 bits per heavy atom. The van der Waals surface area contributed by atoms with Crippen LogP contribution >= 0.6 is 11.6 Å². The number of aromatic nitrogens is 2. The van der Waals surface area contributed by atoms with Crippen LogP contribution in [0.3, 0.4) is 0 Å². The molecular weight excluding hydrogens is 342 g/mol. The maximum atomic E-state index is 12.2. The van der Waals surface area contributed by atoms with E-state index in [1.807, 2.05) is 31.2 Å². The van der Waals surface area contributed by atoms with Gasteiger partial charge in [0.1, 0.15) is 11.5 Å². The van der Waals surface area contributed by atoms with Crippen LogP contribution in [0, 0.1) is 6.92 Å². The number of hydrogen-bond acceptors (Lipinski definition) is 4. The van der Waals surface area contributed by atoms with Crippen LogP contribution in [0.4, 0.5) is 5.69 Å². The van der Waals surface area contributed by atoms with Gasteiger partial charge in [-0.15, -0.1) is 0 Å². The summed E-state index contributed by atoms with van der Waals surface area (Å²) in [5.41, 5.74) is 1.44. The number of benzene rings is 2. The molecule has 0 aliphatic carbocycles. The number of hydrogen-bond donors (Lipinski definition) is 2. The third-order valence-corrected chi connectivity index (χ3v) is 3.76. The summed E-state index contributed by atoms with van der Waals surface area (Å²) in [7, 11) is 0. The molecule has 25 heavy (non-hydrogen) atoms. The quantitative estimate of drug-likeness (QED) is 0.680. The summed E-state index contributed by atoms with van der Waals surface area (Å²) in [5, 5.41) is 16.9. The van der Waals surface area contributed by atoms with Crippen molar-refractivity contribution in [3.05, 3.63) is 71.0 Å². The highest BCUT2D eigenvalue weighted by atomic mass is 35.5. The Hall–Kier alpha value is -2.99. The molecule has 0 aliphatic rings. The number of aryl methyl sites for hydroxylation is 1. The Morgan fingerprint density at radius 2 is 2.08 bits per heavy atom. The van der Waals surface area contributed by atoms with Gasteiger partial charge < -0.3 is 15.2 Å². The third-order valence-electron chi connectivity index (χ3n) is 3.53. The van der Waals surface area contributed by atoms with Crippen LogP contribution in [0.25, 0.3) is 0 Å². The SMILES string of the molecule is Cc1ccccc1OCn1ccc(C(=O)Nc2cc(Cl)ccc2O)n1. The maximum Gasteiger partial charge on any atom is 0.276 e. The van der Waals surface area contributed by atoms with Crippen molar-refractivity contribution < 1.29 is 14.6 Å². The van der Waals surface area contributed by atoms with E-state index in [-0.39, 0.29) is 23.9 Å². The molecule has 0 radical (unpaired) electrons. The summed E-state index contributed by atoms with van der Waals surface area (Å²) in [4.78, 5) is 12.2. The Bertz CT molecular complexity index is 908. The second-order valence-corrected chi connectivity index (χ2v) is 5.83. The summed E-state index contributed by atoms with van der Waals surface area (Å²) in [6.07, 6.45) is 1.64. The minimum atomic E-state index is -0.452. The van der Waals surface area contributed by atoms with Crippen molar-refractivity contribution in [2.45, 2.75) is 13.7 Å². The zero-order chi connectivity index (χ0) is 17.8. The largest absolute Gasteiger partial charge is 0.506 e. The van der Waals surface area contributed by atoms with Gasteiger partial charge in [-0.1, -0.05) is 29.8 Å². The lowest BCUT2D eigenvalue weighted by atomic mass is 10.2. The molecule has 1 amide bonds. The number of nitrogens with zero attached hydrogens (tertiary/aromatic N) is 2. The smallest absolute Gasteiger partial charge is 0.276 e. The van der Waals surface area contributed by atoms with E-state index in [9.17, 15) is 9.90 Å². The van der Waals surface area contributed by atoms with Crippen molar-refractivity contribution >= 4 is 23.2 Å². The number of carbonyl (C=O) groups is 1. The molecule has 0 fully saturated rings. The number of amides is 1. The van der Waals surface area contributed by atoms with Crippen LogP contribution in [0.5, 0.6) is 11.5 Å². The first-order valence-electron chi connectivity index (χ1n) is 7.54. The number of rotatable bonds is 5. The number of phenolic OH excluding ortho intramolecular Hbond substituents is 1. The first-order valence-corrected chi connectivity index (χ1v) is 7.92. The van der Waals surface area contributed by atoms with Crippen LogP contribution < -0.4 is 10.1 Å². The van der Waals surface area contributed by atoms with E-state index in [1.165, 1.54) is 22.9 Å². The van der Waals surface area contributed by atoms with Gasteiger partial charge in [-0.3, -0.25) is 4.79 Å². The third kappa shape index (κ3) is 4.10. The van der Waals surface area contributed by atoms with E-state index in [0.29, 0.717) is 5.02 Å². The van der Waals surface area contributed by atoms with E-state index in [0.717, 1.165) is 11.3 Å². The highest BCUT2D eigenvalue weighted by molar-refractivity contribution is 6.31. The van der Waals surface area contributed by atoms with Gasteiger partial charge in [0.25, 0.3) is 5.91 Å². The fourth-order valence-corrected chi connectivity index (χ4v) is 2.38. The first-order chi connectivity index (χ1) is 12.0. The van der Waals surface area contributed by atoms with Crippen LogP contribution in [0.15, 0.2) is 54.7 Å². The zero-order valence-electron chi connectivity index (χ0n) is 13.4. The van der Waals surface area contributed by atoms with E-state index in [2.05, 4.69) is 10.4 Å². The van der Waals surface area contributed by atoms with E-state index in [1.54, 1.807) is 12.3 Å². The number of para-hydroxylation sites is 1. The molecule has 128 valence electrons. The molecule has 0 bridgehead atoms. The first kappa shape index (κ1) is 16.9. The predicted octanol–water partition coefficient (Wildman–Crippen LogP) is 3.84. The number of carbonyl (C=O) groups excluding carboxylic acids is 1. The molecule has 3 aromatic rings. The van der Waals surface area contributed by atoms with E-state index >= 15 is 0 Å². The number of nitrogens with one attached hydrogen (secondary N) is 1. The monoisotopic (exact) mass is 357 g/mol. The van der Waals surface area contributed by atoms with Crippen molar-refractivity contribution in [3.63, 3.8) is 0 Å². The minimum Gasteiger partial charge on any atom is -0.506 e. The highest BCUT2D eigenvalue weighted by Gasteiger charge is 2.12. The molecule has 1 heterocycles. The number of ether oxygens (including phenoxy) is 1. The Kier molecular flexibility index (Phi) is 4.90. The van der Waals surface area contributed by atoms with Gasteiger partial charge in [-0.05, 0) is 42.8 Å². The Morgan fingerprint density at radius 3 is 2.88 bits per heavy atom. The zero-order valence-corrected chi connectivity index (χ0v) is 14.2. The Labute approximate surface area is 149 Å². The number of halogens is 1. The average molecular weight is 358 g/mol. The van der Waals surface area contributed by atoms with Crippen molar-refractivity contribution in [2.75, 3.05) is 5.32 Å². The molecular formula is C18H16ClN3O3.